The van der Waals surface area contributed by atoms with Crippen LogP contribution in [-0.4, -0.2) is 30.0 Å². The topological polar surface area (TPSA) is 46.5 Å². The van der Waals surface area contributed by atoms with Gasteiger partial charge in [-0.25, -0.2) is 4.39 Å². The van der Waals surface area contributed by atoms with Gasteiger partial charge in [0.2, 0.25) is 0 Å². The molecule has 12 heavy (non-hydrogen) atoms. The quantitative estimate of drug-likeness (QED) is 0.703. The lowest BCUT2D eigenvalue weighted by molar-refractivity contribution is -0.141. The van der Waals surface area contributed by atoms with Crippen molar-refractivity contribution in [3.05, 3.63) is 0 Å². The van der Waals surface area contributed by atoms with Crippen molar-refractivity contribution in [3.63, 3.8) is 0 Å². The fourth-order valence-electron chi connectivity index (χ4n) is 1.45. The van der Waals surface area contributed by atoms with E-state index in [2.05, 4.69) is 0 Å². The molecular weight excluding hydrogens is 163 g/mol. The van der Waals surface area contributed by atoms with Crippen LogP contribution >= 0.6 is 0 Å². The normalized spacial score (nSPS) is 28.3. The first-order chi connectivity index (χ1) is 5.52. The first-order valence-corrected chi connectivity index (χ1v) is 4.01. The number of hydrogen-bond donors (Lipinski definition) is 1. The van der Waals surface area contributed by atoms with Crippen LogP contribution in [0.3, 0.4) is 0 Å². The van der Waals surface area contributed by atoms with Gasteiger partial charge in [-0.1, -0.05) is 0 Å². The molecule has 0 spiro atoms. The average Bonchev–Trinajstić information content (AvgIpc) is 2.32. The minimum Gasteiger partial charge on any atom is -0.481 e. The molecule has 1 N–H and O–H groups in total. The van der Waals surface area contributed by atoms with Crippen molar-refractivity contribution >= 4 is 5.97 Å². The summed E-state index contributed by atoms with van der Waals surface area (Å²) >= 11 is 0. The van der Waals surface area contributed by atoms with E-state index in [9.17, 15) is 9.18 Å². The second kappa shape index (κ2) is 3.39. The maximum atomic E-state index is 13.6. The number of hydrogen-bond acceptors (Lipinski definition) is 2. The molecule has 1 saturated heterocycles. The number of rotatable bonds is 3. The summed E-state index contributed by atoms with van der Waals surface area (Å²) < 4.78 is 18.6. The second-order valence-corrected chi connectivity index (χ2v) is 3.41. The molecule has 0 saturated carbocycles. The fraction of sp³-hybridized carbons (Fsp3) is 0.875. The van der Waals surface area contributed by atoms with Gasteiger partial charge in [0.15, 0.2) is 0 Å². The van der Waals surface area contributed by atoms with Gasteiger partial charge >= 0.3 is 5.97 Å². The van der Waals surface area contributed by atoms with E-state index in [-0.39, 0.29) is 5.92 Å². The lowest BCUT2D eigenvalue weighted by Crippen LogP contribution is -2.32. The predicted octanol–water partition coefficient (Wildman–Crippen LogP) is 1.23. The summed E-state index contributed by atoms with van der Waals surface area (Å²) in [5.74, 6) is -1.35. The molecule has 1 aliphatic rings. The number of aliphatic carboxylic acids is 1. The molecule has 2 atom stereocenters. The molecule has 0 amide bonds. The van der Waals surface area contributed by atoms with Gasteiger partial charge in [0.25, 0.3) is 0 Å². The summed E-state index contributed by atoms with van der Waals surface area (Å²) in [5.41, 5.74) is -1.62. The number of ether oxygens (including phenoxy) is 1. The molecule has 0 aromatic carbocycles. The Morgan fingerprint density at radius 3 is 2.92 bits per heavy atom. The summed E-state index contributed by atoms with van der Waals surface area (Å²) in [6.45, 7) is 2.23. The van der Waals surface area contributed by atoms with Crippen LogP contribution in [0.1, 0.15) is 19.8 Å². The maximum absolute atomic E-state index is 13.6. The van der Waals surface area contributed by atoms with Crippen LogP contribution in [0.15, 0.2) is 0 Å². The monoisotopic (exact) mass is 176 g/mol. The zero-order valence-corrected chi connectivity index (χ0v) is 7.05. The molecular formula is C8H13FO3. The lowest BCUT2D eigenvalue weighted by atomic mass is 9.87. The Hall–Kier alpha value is -0.640. The summed E-state index contributed by atoms with van der Waals surface area (Å²) in [4.78, 5) is 10.3. The Morgan fingerprint density at radius 1 is 1.83 bits per heavy atom. The highest BCUT2D eigenvalue weighted by Crippen LogP contribution is 2.32. The Labute approximate surface area is 70.5 Å². The zero-order valence-electron chi connectivity index (χ0n) is 7.05. The third-order valence-corrected chi connectivity index (χ3v) is 2.28. The molecule has 70 valence electrons. The van der Waals surface area contributed by atoms with Crippen molar-refractivity contribution in [2.45, 2.75) is 25.4 Å². The molecule has 0 aromatic rings. The standard InChI is InChI=1S/C8H13FO3/c1-8(9,4-7(10)11)6-2-3-12-5-6/h6H,2-5H2,1H3,(H,10,11). The predicted molar refractivity (Wildman–Crippen MR) is 40.7 cm³/mol. The van der Waals surface area contributed by atoms with E-state index in [4.69, 9.17) is 9.84 Å². The van der Waals surface area contributed by atoms with Crippen molar-refractivity contribution in [2.75, 3.05) is 13.2 Å². The van der Waals surface area contributed by atoms with Gasteiger partial charge in [-0.3, -0.25) is 4.79 Å². The van der Waals surface area contributed by atoms with E-state index in [1.165, 1.54) is 6.92 Å². The van der Waals surface area contributed by atoms with Crippen molar-refractivity contribution in [1.82, 2.24) is 0 Å². The minimum absolute atomic E-state index is 0.256. The molecule has 1 rings (SSSR count). The largest absolute Gasteiger partial charge is 0.481 e. The highest BCUT2D eigenvalue weighted by molar-refractivity contribution is 5.68. The molecule has 0 radical (unpaired) electrons. The van der Waals surface area contributed by atoms with Gasteiger partial charge in [0, 0.05) is 12.5 Å². The summed E-state index contributed by atoms with van der Waals surface area (Å²) in [6.07, 6.45) is 0.196. The number of carboxylic acids is 1. The van der Waals surface area contributed by atoms with Crippen LogP contribution in [0.25, 0.3) is 0 Å². The maximum Gasteiger partial charge on any atom is 0.306 e. The minimum atomic E-state index is -1.62. The van der Waals surface area contributed by atoms with Crippen molar-refractivity contribution < 1.29 is 19.0 Å². The third kappa shape index (κ3) is 2.17. The summed E-state index contributed by atoms with van der Waals surface area (Å²) in [6, 6.07) is 0. The van der Waals surface area contributed by atoms with Crippen LogP contribution in [0.2, 0.25) is 0 Å². The highest BCUT2D eigenvalue weighted by Gasteiger charge is 2.38. The second-order valence-electron chi connectivity index (χ2n) is 3.41. The van der Waals surface area contributed by atoms with E-state index in [0.717, 1.165) is 0 Å². The number of carbonyl (C=O) groups is 1. The van der Waals surface area contributed by atoms with Crippen molar-refractivity contribution in [1.29, 1.82) is 0 Å². The van der Waals surface area contributed by atoms with E-state index in [1.54, 1.807) is 0 Å². The lowest BCUT2D eigenvalue weighted by Gasteiger charge is -2.23. The van der Waals surface area contributed by atoms with Gasteiger partial charge in [-0.05, 0) is 13.3 Å². The molecule has 3 nitrogen and oxygen atoms in total. The van der Waals surface area contributed by atoms with Crippen LogP contribution in [0.4, 0.5) is 4.39 Å². The number of alkyl halides is 1. The fourth-order valence-corrected chi connectivity index (χ4v) is 1.45. The van der Waals surface area contributed by atoms with Crippen LogP contribution in [0.5, 0.6) is 0 Å². The van der Waals surface area contributed by atoms with E-state index < -0.39 is 18.1 Å². The summed E-state index contributed by atoms with van der Waals surface area (Å²) in [5, 5.41) is 8.43. The molecule has 0 aliphatic carbocycles. The van der Waals surface area contributed by atoms with Crippen LogP contribution in [-0.2, 0) is 9.53 Å². The molecule has 4 heteroatoms. The highest BCUT2D eigenvalue weighted by atomic mass is 19.1. The Bertz CT molecular complexity index is 173. The summed E-state index contributed by atoms with van der Waals surface area (Å²) in [7, 11) is 0. The third-order valence-electron chi connectivity index (χ3n) is 2.28. The van der Waals surface area contributed by atoms with Gasteiger partial charge in [0.05, 0.1) is 13.0 Å². The molecule has 1 aliphatic heterocycles. The van der Waals surface area contributed by atoms with Gasteiger partial charge in [0.1, 0.15) is 5.67 Å². The van der Waals surface area contributed by atoms with Crippen molar-refractivity contribution in [3.8, 4) is 0 Å². The Balaban J connectivity index is 2.50. The average molecular weight is 176 g/mol. The number of carboxylic acid groups (broad SMARTS) is 1. The Morgan fingerprint density at radius 2 is 2.50 bits per heavy atom. The first-order valence-electron chi connectivity index (χ1n) is 4.01. The Kier molecular flexibility index (Phi) is 2.67. The first kappa shape index (κ1) is 9.45. The smallest absolute Gasteiger partial charge is 0.306 e. The molecule has 2 unspecified atom stereocenters. The van der Waals surface area contributed by atoms with E-state index in [1.807, 2.05) is 0 Å². The molecule has 0 aromatic heterocycles. The SMILES string of the molecule is CC(F)(CC(=O)O)C1CCOC1. The van der Waals surface area contributed by atoms with E-state index in [0.29, 0.717) is 19.6 Å². The zero-order chi connectivity index (χ0) is 9.19. The molecule has 1 heterocycles. The van der Waals surface area contributed by atoms with E-state index >= 15 is 0 Å². The van der Waals surface area contributed by atoms with Gasteiger partial charge in [-0.15, -0.1) is 0 Å². The van der Waals surface area contributed by atoms with Gasteiger partial charge < -0.3 is 9.84 Å². The molecule has 0 bridgehead atoms. The van der Waals surface area contributed by atoms with Crippen LogP contribution < -0.4 is 0 Å². The van der Waals surface area contributed by atoms with Gasteiger partial charge in [-0.2, -0.15) is 0 Å². The number of halogens is 1. The van der Waals surface area contributed by atoms with Crippen molar-refractivity contribution in [2.24, 2.45) is 5.92 Å². The van der Waals surface area contributed by atoms with Crippen LogP contribution in [0, 0.1) is 5.92 Å². The molecule has 1 fully saturated rings.